The Balaban J connectivity index is 1.77. The maximum Gasteiger partial charge on any atom is 0.0477 e. The van der Waals surface area contributed by atoms with Gasteiger partial charge >= 0.3 is 0 Å². The molecule has 0 bridgehead atoms. The van der Waals surface area contributed by atoms with Crippen LogP contribution in [-0.2, 0) is 6.54 Å². The number of likely N-dealkylation sites (N-methyl/N-ethyl adjacent to an activating group) is 1. The minimum Gasteiger partial charge on any atom is -0.311 e. The van der Waals surface area contributed by atoms with E-state index in [1.807, 2.05) is 0 Å². The van der Waals surface area contributed by atoms with Crippen molar-refractivity contribution in [1.29, 1.82) is 0 Å². The van der Waals surface area contributed by atoms with Crippen molar-refractivity contribution < 1.29 is 0 Å². The largest absolute Gasteiger partial charge is 0.311 e. The van der Waals surface area contributed by atoms with Gasteiger partial charge in [-0.3, -0.25) is 9.80 Å². The summed E-state index contributed by atoms with van der Waals surface area (Å²) in [7, 11) is 0. The van der Waals surface area contributed by atoms with Crippen LogP contribution in [0.4, 0.5) is 0 Å². The molecular weight excluding hydrogens is 234 g/mol. The smallest absolute Gasteiger partial charge is 0.0477 e. The molecule has 2 heterocycles. The number of fused-ring (bicyclic) bond motifs is 1. The Bertz CT molecular complexity index is 432. The zero-order valence-electron chi connectivity index (χ0n) is 12.1. The van der Waals surface area contributed by atoms with E-state index in [1.54, 1.807) is 5.56 Å². The van der Waals surface area contributed by atoms with Crippen LogP contribution < -0.4 is 5.32 Å². The van der Waals surface area contributed by atoms with Gasteiger partial charge in [-0.1, -0.05) is 31.2 Å². The maximum absolute atomic E-state index is 3.57. The van der Waals surface area contributed by atoms with Crippen molar-refractivity contribution in [2.45, 2.75) is 32.5 Å². The van der Waals surface area contributed by atoms with E-state index in [1.165, 1.54) is 31.7 Å². The first-order valence-corrected chi connectivity index (χ1v) is 7.56. The molecule has 1 aromatic carbocycles. The van der Waals surface area contributed by atoms with E-state index in [-0.39, 0.29) is 0 Å². The maximum atomic E-state index is 3.57. The molecule has 104 valence electrons. The third-order valence-corrected chi connectivity index (χ3v) is 4.71. The van der Waals surface area contributed by atoms with Crippen LogP contribution in [0.2, 0.25) is 0 Å². The second kappa shape index (κ2) is 5.61. The van der Waals surface area contributed by atoms with Crippen LogP contribution in [0.25, 0.3) is 0 Å². The van der Waals surface area contributed by atoms with Gasteiger partial charge in [0.1, 0.15) is 0 Å². The second-order valence-electron chi connectivity index (χ2n) is 5.82. The van der Waals surface area contributed by atoms with Gasteiger partial charge in [0.2, 0.25) is 0 Å². The molecule has 1 fully saturated rings. The van der Waals surface area contributed by atoms with Crippen LogP contribution >= 0.6 is 0 Å². The first kappa shape index (κ1) is 13.1. The predicted octanol–water partition coefficient (Wildman–Crippen LogP) is 1.86. The number of rotatable bonds is 2. The van der Waals surface area contributed by atoms with E-state index >= 15 is 0 Å². The molecule has 0 radical (unpaired) electrons. The van der Waals surface area contributed by atoms with Gasteiger partial charge in [0.05, 0.1) is 0 Å². The highest BCUT2D eigenvalue weighted by atomic mass is 15.3. The molecule has 0 saturated carbocycles. The molecule has 2 atom stereocenters. The van der Waals surface area contributed by atoms with Crippen molar-refractivity contribution in [3.8, 4) is 0 Å². The summed E-state index contributed by atoms with van der Waals surface area (Å²) in [4.78, 5) is 5.25. The third-order valence-electron chi connectivity index (χ3n) is 4.71. The number of benzene rings is 1. The molecule has 0 amide bonds. The summed E-state index contributed by atoms with van der Waals surface area (Å²) in [5.41, 5.74) is 3.02. The fourth-order valence-electron chi connectivity index (χ4n) is 3.58. The van der Waals surface area contributed by atoms with Crippen molar-refractivity contribution in [3.05, 3.63) is 35.4 Å². The first-order valence-electron chi connectivity index (χ1n) is 7.56. The first-order chi connectivity index (χ1) is 9.29. The van der Waals surface area contributed by atoms with Crippen molar-refractivity contribution in [2.75, 3.05) is 32.7 Å². The summed E-state index contributed by atoms with van der Waals surface area (Å²) in [5.74, 6) is 0. The summed E-state index contributed by atoms with van der Waals surface area (Å²) in [6.45, 7) is 11.5. The lowest BCUT2D eigenvalue weighted by atomic mass is 9.94. The molecule has 0 spiro atoms. The summed E-state index contributed by atoms with van der Waals surface area (Å²) in [6.07, 6.45) is 0. The molecule has 2 aliphatic rings. The molecule has 1 aromatic rings. The topological polar surface area (TPSA) is 18.5 Å². The highest BCUT2D eigenvalue weighted by molar-refractivity contribution is 5.32. The molecule has 0 aliphatic carbocycles. The van der Waals surface area contributed by atoms with Crippen LogP contribution in [0, 0.1) is 0 Å². The van der Waals surface area contributed by atoms with Crippen molar-refractivity contribution in [3.63, 3.8) is 0 Å². The van der Waals surface area contributed by atoms with E-state index in [0.717, 1.165) is 13.1 Å². The van der Waals surface area contributed by atoms with Crippen molar-refractivity contribution in [1.82, 2.24) is 15.1 Å². The molecule has 2 unspecified atom stereocenters. The van der Waals surface area contributed by atoms with E-state index in [4.69, 9.17) is 0 Å². The van der Waals surface area contributed by atoms with E-state index in [0.29, 0.717) is 12.1 Å². The van der Waals surface area contributed by atoms with E-state index < -0.39 is 0 Å². The standard InChI is InChI=1S/C16H25N3/c1-3-18-8-9-19(12-13(18)2)16-11-17-10-14-6-4-5-7-15(14)16/h4-7,13,16-17H,3,8-12H2,1-2H3. The Morgan fingerprint density at radius 3 is 2.89 bits per heavy atom. The molecule has 0 aromatic heterocycles. The highest BCUT2D eigenvalue weighted by Crippen LogP contribution is 2.28. The molecule has 1 saturated heterocycles. The van der Waals surface area contributed by atoms with Gasteiger partial charge in [-0.05, 0) is 24.6 Å². The molecule has 1 N–H and O–H groups in total. The molecule has 3 nitrogen and oxygen atoms in total. The Morgan fingerprint density at radius 2 is 2.11 bits per heavy atom. The monoisotopic (exact) mass is 259 g/mol. The second-order valence-corrected chi connectivity index (χ2v) is 5.82. The van der Waals surface area contributed by atoms with Gasteiger partial charge in [0, 0.05) is 44.8 Å². The molecule has 3 rings (SSSR count). The highest BCUT2D eigenvalue weighted by Gasteiger charge is 2.30. The minimum atomic E-state index is 0.561. The normalized spacial score (nSPS) is 29.2. The van der Waals surface area contributed by atoms with E-state index in [9.17, 15) is 0 Å². The Labute approximate surface area is 116 Å². The quantitative estimate of drug-likeness (QED) is 0.874. The van der Waals surface area contributed by atoms with Gasteiger partial charge in [0.15, 0.2) is 0 Å². The molecular formula is C16H25N3. The van der Waals surface area contributed by atoms with Gasteiger partial charge < -0.3 is 5.32 Å². The zero-order valence-corrected chi connectivity index (χ0v) is 12.1. The van der Waals surface area contributed by atoms with Crippen LogP contribution in [0.1, 0.15) is 31.0 Å². The Hall–Kier alpha value is -0.900. The average molecular weight is 259 g/mol. The fraction of sp³-hybridized carbons (Fsp3) is 0.625. The Kier molecular flexibility index (Phi) is 3.87. The summed E-state index contributed by atoms with van der Waals surface area (Å²) >= 11 is 0. The van der Waals surface area contributed by atoms with Crippen LogP contribution in [0.5, 0.6) is 0 Å². The average Bonchev–Trinajstić information content (AvgIpc) is 2.46. The number of nitrogens with zero attached hydrogens (tertiary/aromatic N) is 2. The van der Waals surface area contributed by atoms with E-state index in [2.05, 4.69) is 53.2 Å². The van der Waals surface area contributed by atoms with Gasteiger partial charge in [-0.2, -0.15) is 0 Å². The van der Waals surface area contributed by atoms with Gasteiger partial charge in [-0.15, -0.1) is 0 Å². The minimum absolute atomic E-state index is 0.561. The molecule has 3 heteroatoms. The third kappa shape index (κ3) is 2.55. The lowest BCUT2D eigenvalue weighted by Crippen LogP contribution is -2.54. The van der Waals surface area contributed by atoms with Crippen molar-refractivity contribution in [2.24, 2.45) is 0 Å². The van der Waals surface area contributed by atoms with Crippen LogP contribution in [0.15, 0.2) is 24.3 Å². The number of piperazine rings is 1. The SMILES string of the molecule is CCN1CCN(C2CNCc3ccccc32)CC1C. The molecule has 2 aliphatic heterocycles. The number of hydrogen-bond donors (Lipinski definition) is 1. The van der Waals surface area contributed by atoms with Gasteiger partial charge in [-0.25, -0.2) is 0 Å². The summed E-state index contributed by atoms with van der Waals surface area (Å²) in [6, 6.07) is 10.2. The molecule has 19 heavy (non-hydrogen) atoms. The summed E-state index contributed by atoms with van der Waals surface area (Å²) < 4.78 is 0. The Morgan fingerprint density at radius 1 is 1.26 bits per heavy atom. The van der Waals surface area contributed by atoms with Crippen LogP contribution in [0.3, 0.4) is 0 Å². The fourth-order valence-corrected chi connectivity index (χ4v) is 3.58. The van der Waals surface area contributed by atoms with Crippen molar-refractivity contribution >= 4 is 0 Å². The summed E-state index contributed by atoms with van der Waals surface area (Å²) in [5, 5.41) is 3.57. The predicted molar refractivity (Wildman–Crippen MR) is 79.2 cm³/mol. The number of nitrogens with one attached hydrogen (secondary N) is 1. The van der Waals surface area contributed by atoms with Crippen LogP contribution in [-0.4, -0.2) is 48.6 Å². The number of hydrogen-bond acceptors (Lipinski definition) is 3. The lowest BCUT2D eigenvalue weighted by Gasteiger charge is -2.44. The zero-order chi connectivity index (χ0) is 13.2. The lowest BCUT2D eigenvalue weighted by molar-refractivity contribution is 0.0557. The van der Waals surface area contributed by atoms with Gasteiger partial charge in [0.25, 0.3) is 0 Å².